The molecule has 5 heteroatoms. The number of carbonyl (C=O) groups is 2. The van der Waals surface area contributed by atoms with Crippen LogP contribution in [0.4, 0.5) is 0 Å². The molecule has 0 saturated carbocycles. The number of ether oxygens (including phenoxy) is 2. The highest BCUT2D eigenvalue weighted by molar-refractivity contribution is 5.70. The number of aliphatic hydroxyl groups is 1. The molecule has 0 heterocycles. The van der Waals surface area contributed by atoms with E-state index in [9.17, 15) is 14.7 Å². The maximum Gasteiger partial charge on any atom is 0.306 e. The van der Waals surface area contributed by atoms with E-state index in [1.807, 2.05) is 0 Å². The predicted octanol–water partition coefficient (Wildman–Crippen LogP) is 11.3. The summed E-state index contributed by atoms with van der Waals surface area (Å²) in [4.78, 5) is 24.1. The average molecular weight is 609 g/mol. The lowest BCUT2D eigenvalue weighted by Crippen LogP contribution is -2.28. The van der Waals surface area contributed by atoms with Gasteiger partial charge in [-0.1, -0.05) is 167 Å². The van der Waals surface area contributed by atoms with Crippen molar-refractivity contribution in [2.45, 2.75) is 206 Å². The van der Waals surface area contributed by atoms with Crippen molar-refractivity contribution in [2.75, 3.05) is 13.2 Å². The van der Waals surface area contributed by atoms with Crippen molar-refractivity contribution in [3.8, 4) is 0 Å². The van der Waals surface area contributed by atoms with Gasteiger partial charge in [0.2, 0.25) is 0 Å². The van der Waals surface area contributed by atoms with Crippen LogP contribution in [0.25, 0.3) is 0 Å². The summed E-state index contributed by atoms with van der Waals surface area (Å²) >= 11 is 0. The second-order valence-electron chi connectivity index (χ2n) is 12.7. The van der Waals surface area contributed by atoms with Gasteiger partial charge < -0.3 is 14.6 Å². The Balaban J connectivity index is 3.50. The fraction of sp³-hybridized carbons (Fsp3) is 0.895. The van der Waals surface area contributed by atoms with E-state index in [2.05, 4.69) is 26.0 Å². The van der Waals surface area contributed by atoms with Crippen molar-refractivity contribution in [1.29, 1.82) is 0 Å². The average Bonchev–Trinajstić information content (AvgIpc) is 3.01. The van der Waals surface area contributed by atoms with Crippen molar-refractivity contribution in [1.82, 2.24) is 0 Å². The molecule has 0 saturated heterocycles. The Morgan fingerprint density at radius 1 is 0.512 bits per heavy atom. The Labute approximate surface area is 267 Å². The summed E-state index contributed by atoms with van der Waals surface area (Å²) in [5, 5.41) is 9.51. The minimum atomic E-state index is -0.767. The summed E-state index contributed by atoms with van der Waals surface area (Å²) in [5.41, 5.74) is 0. The summed E-state index contributed by atoms with van der Waals surface area (Å²) in [6.07, 6.45) is 38.4. The van der Waals surface area contributed by atoms with E-state index >= 15 is 0 Å². The van der Waals surface area contributed by atoms with Crippen LogP contribution in [0.15, 0.2) is 12.2 Å². The Morgan fingerprint density at radius 3 is 1.33 bits per heavy atom. The van der Waals surface area contributed by atoms with E-state index in [-0.39, 0.29) is 25.2 Å². The van der Waals surface area contributed by atoms with Gasteiger partial charge in [-0.2, -0.15) is 0 Å². The molecule has 0 spiro atoms. The number of hydrogen-bond donors (Lipinski definition) is 1. The molecule has 43 heavy (non-hydrogen) atoms. The molecule has 0 aliphatic heterocycles. The number of unbranched alkanes of at least 4 members (excludes halogenated alkanes) is 24. The van der Waals surface area contributed by atoms with Crippen LogP contribution >= 0.6 is 0 Å². The zero-order valence-electron chi connectivity index (χ0n) is 28.7. The summed E-state index contributed by atoms with van der Waals surface area (Å²) in [7, 11) is 0. The lowest BCUT2D eigenvalue weighted by atomic mass is 10.0. The molecule has 0 amide bonds. The maximum absolute atomic E-state index is 12.1. The molecule has 254 valence electrons. The van der Waals surface area contributed by atoms with Crippen molar-refractivity contribution in [3.05, 3.63) is 12.2 Å². The van der Waals surface area contributed by atoms with Crippen molar-refractivity contribution < 1.29 is 24.2 Å². The minimum absolute atomic E-state index is 0.0636. The van der Waals surface area contributed by atoms with Crippen LogP contribution in [0.1, 0.15) is 200 Å². The Bertz CT molecular complexity index is 617. The molecule has 0 aliphatic carbocycles. The van der Waals surface area contributed by atoms with Crippen LogP contribution < -0.4 is 0 Å². The van der Waals surface area contributed by atoms with Gasteiger partial charge in [0.15, 0.2) is 6.10 Å². The lowest BCUT2D eigenvalue weighted by molar-refractivity contribution is -0.161. The molecule has 0 unspecified atom stereocenters. The lowest BCUT2D eigenvalue weighted by Gasteiger charge is -2.15. The summed E-state index contributed by atoms with van der Waals surface area (Å²) in [6.45, 7) is 4.10. The van der Waals surface area contributed by atoms with Crippen LogP contribution in [-0.4, -0.2) is 36.4 Å². The van der Waals surface area contributed by atoms with Crippen molar-refractivity contribution in [3.63, 3.8) is 0 Å². The summed E-state index contributed by atoms with van der Waals surface area (Å²) in [5.74, 6) is -0.594. The van der Waals surface area contributed by atoms with E-state index < -0.39 is 6.10 Å². The highest BCUT2D eigenvalue weighted by Crippen LogP contribution is 2.15. The first-order valence-corrected chi connectivity index (χ1v) is 18.7. The normalized spacial score (nSPS) is 12.2. The Morgan fingerprint density at radius 2 is 0.884 bits per heavy atom. The molecule has 0 aromatic heterocycles. The Hall–Kier alpha value is -1.36. The maximum atomic E-state index is 12.1. The zero-order valence-corrected chi connectivity index (χ0v) is 28.7. The monoisotopic (exact) mass is 609 g/mol. The molecule has 0 bridgehead atoms. The van der Waals surface area contributed by atoms with E-state index in [0.29, 0.717) is 12.8 Å². The van der Waals surface area contributed by atoms with Crippen LogP contribution in [0.2, 0.25) is 0 Å². The van der Waals surface area contributed by atoms with Crippen LogP contribution in [0.3, 0.4) is 0 Å². The Kier molecular flexibility index (Phi) is 34.0. The van der Waals surface area contributed by atoms with Crippen molar-refractivity contribution in [2.24, 2.45) is 0 Å². The second kappa shape index (κ2) is 35.1. The summed E-state index contributed by atoms with van der Waals surface area (Å²) < 4.78 is 10.6. The smallest absolute Gasteiger partial charge is 0.306 e. The quantitative estimate of drug-likeness (QED) is 0.0447. The molecule has 0 aromatic rings. The number of aliphatic hydroxyl groups excluding tert-OH is 1. The largest absolute Gasteiger partial charge is 0.462 e. The second-order valence-corrected chi connectivity index (χ2v) is 12.7. The first-order valence-electron chi connectivity index (χ1n) is 18.7. The van der Waals surface area contributed by atoms with Crippen LogP contribution in [0, 0.1) is 0 Å². The standard InChI is InChI=1S/C38H72O5/c1-3-5-7-9-11-13-15-16-17-18-19-20-21-23-24-26-28-30-32-37(40)42-35-36(34-39)43-38(41)33-31-29-27-25-22-14-12-10-8-6-4-2/h10,12,36,39H,3-9,11,13-35H2,1-2H3/b12-10+/t36-/m0/s1. The fourth-order valence-electron chi connectivity index (χ4n) is 5.42. The topological polar surface area (TPSA) is 72.8 Å². The minimum Gasteiger partial charge on any atom is -0.462 e. The third-order valence-electron chi connectivity index (χ3n) is 8.31. The number of rotatable bonds is 34. The first kappa shape index (κ1) is 41.6. The van der Waals surface area contributed by atoms with E-state index in [1.165, 1.54) is 135 Å². The molecule has 0 fully saturated rings. The van der Waals surface area contributed by atoms with Gasteiger partial charge in [0, 0.05) is 12.8 Å². The summed E-state index contributed by atoms with van der Waals surface area (Å²) in [6, 6.07) is 0. The number of hydrogen-bond acceptors (Lipinski definition) is 5. The molecule has 0 aromatic carbocycles. The highest BCUT2D eigenvalue weighted by atomic mass is 16.6. The number of carbonyl (C=O) groups excluding carboxylic acids is 2. The van der Waals surface area contributed by atoms with Gasteiger partial charge in [-0.15, -0.1) is 0 Å². The third-order valence-corrected chi connectivity index (χ3v) is 8.31. The van der Waals surface area contributed by atoms with E-state index in [4.69, 9.17) is 9.47 Å². The van der Waals surface area contributed by atoms with Gasteiger partial charge in [-0.3, -0.25) is 9.59 Å². The fourth-order valence-corrected chi connectivity index (χ4v) is 5.42. The zero-order chi connectivity index (χ0) is 31.5. The van der Waals surface area contributed by atoms with Gasteiger partial charge in [-0.25, -0.2) is 0 Å². The molecule has 5 nitrogen and oxygen atoms in total. The molecule has 0 radical (unpaired) electrons. The van der Waals surface area contributed by atoms with Gasteiger partial charge in [-0.05, 0) is 32.1 Å². The number of esters is 2. The number of allylic oxidation sites excluding steroid dienone is 2. The molecular formula is C38H72O5. The van der Waals surface area contributed by atoms with Crippen LogP contribution in [0.5, 0.6) is 0 Å². The van der Waals surface area contributed by atoms with E-state index in [1.54, 1.807) is 0 Å². The van der Waals surface area contributed by atoms with Gasteiger partial charge in [0.1, 0.15) is 6.61 Å². The van der Waals surface area contributed by atoms with Crippen molar-refractivity contribution >= 4 is 11.9 Å². The molecular weight excluding hydrogens is 536 g/mol. The van der Waals surface area contributed by atoms with Gasteiger partial charge in [0.25, 0.3) is 0 Å². The van der Waals surface area contributed by atoms with Crippen LogP contribution in [-0.2, 0) is 19.1 Å². The highest BCUT2D eigenvalue weighted by Gasteiger charge is 2.16. The van der Waals surface area contributed by atoms with Gasteiger partial charge >= 0.3 is 11.9 Å². The predicted molar refractivity (Wildman–Crippen MR) is 182 cm³/mol. The first-order chi connectivity index (χ1) is 21.1. The molecule has 1 N–H and O–H groups in total. The molecule has 1 atom stereocenters. The molecule has 0 aliphatic rings. The van der Waals surface area contributed by atoms with E-state index in [0.717, 1.165) is 38.5 Å². The SMILES string of the molecule is CCCC/C=C/CCCCCCCC(=O)O[C@@H](CO)COC(=O)CCCCCCCCCCCCCCCCCCCC. The third kappa shape index (κ3) is 33.4. The molecule has 0 rings (SSSR count). The van der Waals surface area contributed by atoms with Gasteiger partial charge in [0.05, 0.1) is 6.61 Å².